The van der Waals surface area contributed by atoms with E-state index >= 15 is 0 Å². The first-order valence-electron chi connectivity index (χ1n) is 5.92. The summed E-state index contributed by atoms with van der Waals surface area (Å²) in [4.78, 5) is 10.8. The molecule has 19 heavy (non-hydrogen) atoms. The molecule has 0 aliphatic heterocycles. The number of carboxylic acid groups (broad SMARTS) is 1. The molecule has 0 fully saturated rings. The third-order valence-electron chi connectivity index (χ3n) is 3.01. The van der Waals surface area contributed by atoms with Crippen molar-refractivity contribution >= 4 is 6.09 Å². The maximum atomic E-state index is 13.2. The lowest BCUT2D eigenvalue weighted by molar-refractivity contribution is 0.170. The van der Waals surface area contributed by atoms with Gasteiger partial charge in [-0.2, -0.15) is 0 Å². The van der Waals surface area contributed by atoms with Crippen molar-refractivity contribution in [2.75, 3.05) is 6.61 Å². The van der Waals surface area contributed by atoms with Gasteiger partial charge in [0.1, 0.15) is 0 Å². The van der Waals surface area contributed by atoms with Crippen LogP contribution in [0.3, 0.4) is 0 Å². The van der Waals surface area contributed by atoms with Gasteiger partial charge in [-0.25, -0.2) is 13.6 Å². The molecule has 0 saturated heterocycles. The number of carbonyl (C=O) groups is 1. The maximum absolute atomic E-state index is 13.2. The zero-order valence-electron chi connectivity index (χ0n) is 10.7. The minimum absolute atomic E-state index is 0.110. The van der Waals surface area contributed by atoms with Crippen LogP contribution in [0.5, 0.6) is 0 Å². The Hall–Kier alpha value is -1.69. The average Bonchev–Trinajstić information content (AvgIpc) is 2.32. The summed E-state index contributed by atoms with van der Waals surface area (Å²) in [5.74, 6) is -2.74. The van der Waals surface area contributed by atoms with Crippen LogP contribution in [0, 0.1) is 17.6 Å². The van der Waals surface area contributed by atoms with Crippen molar-refractivity contribution in [1.82, 2.24) is 5.32 Å². The predicted molar refractivity (Wildman–Crippen MR) is 66.0 cm³/mol. The highest BCUT2D eigenvalue weighted by Crippen LogP contribution is 2.25. The quantitative estimate of drug-likeness (QED) is 0.771. The van der Waals surface area contributed by atoms with Gasteiger partial charge in [0, 0.05) is 12.0 Å². The number of benzene rings is 1. The Morgan fingerprint density at radius 3 is 2.37 bits per heavy atom. The van der Waals surface area contributed by atoms with Gasteiger partial charge in [-0.3, -0.25) is 0 Å². The lowest BCUT2D eigenvalue weighted by Gasteiger charge is -2.29. The van der Waals surface area contributed by atoms with Crippen molar-refractivity contribution in [2.24, 2.45) is 5.92 Å². The molecule has 106 valence electrons. The van der Waals surface area contributed by atoms with E-state index in [1.165, 1.54) is 6.07 Å². The highest BCUT2D eigenvalue weighted by molar-refractivity contribution is 5.65. The molecule has 1 aromatic rings. The first-order valence-corrected chi connectivity index (χ1v) is 5.92. The van der Waals surface area contributed by atoms with Crippen LogP contribution in [-0.2, 0) is 0 Å². The van der Waals surface area contributed by atoms with Crippen LogP contribution in [0.1, 0.15) is 25.3 Å². The van der Waals surface area contributed by atoms with Crippen molar-refractivity contribution in [3.63, 3.8) is 0 Å². The van der Waals surface area contributed by atoms with Crippen LogP contribution in [0.15, 0.2) is 18.2 Å². The maximum Gasteiger partial charge on any atom is 0.404 e. The number of aliphatic hydroxyl groups is 1. The third-order valence-corrected chi connectivity index (χ3v) is 3.01. The zero-order valence-corrected chi connectivity index (χ0v) is 10.7. The van der Waals surface area contributed by atoms with Gasteiger partial charge in [0.2, 0.25) is 0 Å². The van der Waals surface area contributed by atoms with E-state index in [1.54, 1.807) is 13.8 Å². The molecule has 0 radical (unpaired) electrons. The Balaban J connectivity index is 3.08. The van der Waals surface area contributed by atoms with Gasteiger partial charge in [-0.05, 0) is 23.6 Å². The molecular weight excluding hydrogens is 256 g/mol. The Morgan fingerprint density at radius 1 is 1.32 bits per heavy atom. The second-order valence-electron chi connectivity index (χ2n) is 4.68. The third kappa shape index (κ3) is 3.89. The molecule has 0 heterocycles. The predicted octanol–water partition coefficient (Wildman–Crippen LogP) is 2.33. The first kappa shape index (κ1) is 15.4. The topological polar surface area (TPSA) is 69.6 Å². The minimum Gasteiger partial charge on any atom is -0.465 e. The molecule has 0 aliphatic rings. The van der Waals surface area contributed by atoms with Crippen LogP contribution in [-0.4, -0.2) is 29.0 Å². The normalized spacial score (nSPS) is 14.2. The Labute approximate surface area is 110 Å². The van der Waals surface area contributed by atoms with Crippen molar-refractivity contribution in [3.8, 4) is 0 Å². The fourth-order valence-electron chi connectivity index (χ4n) is 2.04. The lowest BCUT2D eigenvalue weighted by Crippen LogP contribution is -2.43. The molecule has 2 unspecified atom stereocenters. The van der Waals surface area contributed by atoms with Crippen molar-refractivity contribution in [2.45, 2.75) is 25.8 Å². The van der Waals surface area contributed by atoms with Crippen LogP contribution >= 0.6 is 0 Å². The van der Waals surface area contributed by atoms with E-state index in [0.717, 1.165) is 12.1 Å². The van der Waals surface area contributed by atoms with Gasteiger partial charge in [0.05, 0.1) is 6.61 Å². The number of rotatable bonds is 5. The number of halogens is 2. The zero-order chi connectivity index (χ0) is 14.6. The van der Waals surface area contributed by atoms with Crippen LogP contribution < -0.4 is 5.32 Å². The van der Waals surface area contributed by atoms with Crippen molar-refractivity contribution < 1.29 is 23.8 Å². The second kappa shape index (κ2) is 6.47. The number of hydrogen-bond acceptors (Lipinski definition) is 2. The molecule has 1 rings (SSSR count). The number of amides is 1. The lowest BCUT2D eigenvalue weighted by atomic mass is 9.85. The van der Waals surface area contributed by atoms with E-state index in [4.69, 9.17) is 5.11 Å². The highest BCUT2D eigenvalue weighted by Gasteiger charge is 2.27. The Bertz CT molecular complexity index is 452. The molecule has 1 aromatic carbocycles. The SMILES string of the molecule is CC(C)C(NC(=O)O)C(CO)c1ccc(F)c(F)c1. The number of hydrogen-bond donors (Lipinski definition) is 3. The van der Waals surface area contributed by atoms with E-state index in [2.05, 4.69) is 5.32 Å². The molecule has 0 saturated carbocycles. The number of nitrogens with one attached hydrogen (secondary N) is 1. The Kier molecular flexibility index (Phi) is 5.23. The molecular formula is C13H17F2NO3. The van der Waals surface area contributed by atoms with Crippen LogP contribution in [0.2, 0.25) is 0 Å². The standard InChI is InChI=1S/C13H17F2NO3/c1-7(2)12(16-13(18)19)9(6-17)8-3-4-10(14)11(15)5-8/h3-5,7,9,12,16-17H,6H2,1-2H3,(H,18,19). The monoisotopic (exact) mass is 273 g/mol. The van der Waals surface area contributed by atoms with Crippen molar-refractivity contribution in [3.05, 3.63) is 35.4 Å². The summed E-state index contributed by atoms with van der Waals surface area (Å²) in [5, 5.41) is 20.5. The van der Waals surface area contributed by atoms with E-state index in [-0.39, 0.29) is 12.5 Å². The molecule has 2 atom stereocenters. The minimum atomic E-state index is -1.22. The van der Waals surface area contributed by atoms with Gasteiger partial charge in [0.25, 0.3) is 0 Å². The van der Waals surface area contributed by atoms with Crippen LogP contribution in [0.4, 0.5) is 13.6 Å². The second-order valence-corrected chi connectivity index (χ2v) is 4.68. The van der Waals surface area contributed by atoms with Gasteiger partial charge >= 0.3 is 6.09 Å². The molecule has 3 N–H and O–H groups in total. The van der Waals surface area contributed by atoms with Gasteiger partial charge in [-0.15, -0.1) is 0 Å². The van der Waals surface area contributed by atoms with Crippen LogP contribution in [0.25, 0.3) is 0 Å². The van der Waals surface area contributed by atoms with E-state index in [9.17, 15) is 18.7 Å². The summed E-state index contributed by atoms with van der Waals surface area (Å²) in [5.41, 5.74) is 0.355. The highest BCUT2D eigenvalue weighted by atomic mass is 19.2. The molecule has 0 aromatic heterocycles. The summed E-state index contributed by atoms with van der Waals surface area (Å²) in [6.45, 7) is 3.19. The summed E-state index contributed by atoms with van der Waals surface area (Å²) in [6, 6.07) is 2.70. The first-order chi connectivity index (χ1) is 8.86. The van der Waals surface area contributed by atoms with Crippen molar-refractivity contribution in [1.29, 1.82) is 0 Å². The molecule has 1 amide bonds. The van der Waals surface area contributed by atoms with Gasteiger partial charge in [-0.1, -0.05) is 19.9 Å². The summed E-state index contributed by atoms with van der Waals surface area (Å²) in [6.07, 6.45) is -1.22. The summed E-state index contributed by atoms with van der Waals surface area (Å²) in [7, 11) is 0. The van der Waals surface area contributed by atoms with E-state index in [0.29, 0.717) is 5.56 Å². The van der Waals surface area contributed by atoms with E-state index < -0.39 is 29.7 Å². The Morgan fingerprint density at radius 2 is 1.95 bits per heavy atom. The molecule has 4 nitrogen and oxygen atoms in total. The fraction of sp³-hybridized carbons (Fsp3) is 0.462. The van der Waals surface area contributed by atoms with E-state index in [1.807, 2.05) is 0 Å². The summed E-state index contributed by atoms with van der Waals surface area (Å²) >= 11 is 0. The summed E-state index contributed by atoms with van der Waals surface area (Å²) < 4.78 is 26.1. The smallest absolute Gasteiger partial charge is 0.404 e. The number of aliphatic hydroxyl groups excluding tert-OH is 1. The molecule has 0 aliphatic carbocycles. The fourth-order valence-corrected chi connectivity index (χ4v) is 2.04. The van der Waals surface area contributed by atoms with Gasteiger partial charge in [0.15, 0.2) is 11.6 Å². The molecule has 6 heteroatoms. The molecule has 0 spiro atoms. The van der Waals surface area contributed by atoms with Gasteiger partial charge < -0.3 is 15.5 Å². The largest absolute Gasteiger partial charge is 0.465 e. The average molecular weight is 273 g/mol. The molecule has 0 bridgehead atoms.